The van der Waals surface area contributed by atoms with Crippen LogP contribution in [0.3, 0.4) is 0 Å². The molecule has 10 aromatic rings. The molecule has 3 heterocycles. The van der Waals surface area contributed by atoms with Crippen LogP contribution in [0.4, 0.5) is 17.1 Å². The number of rotatable bonds is 5. The van der Waals surface area contributed by atoms with Crippen LogP contribution in [0, 0.1) is 0 Å². The molecule has 0 saturated heterocycles. The van der Waals surface area contributed by atoms with Crippen molar-refractivity contribution in [2.45, 2.75) is 0 Å². The van der Waals surface area contributed by atoms with Gasteiger partial charge in [0.2, 0.25) is 5.89 Å². The summed E-state index contributed by atoms with van der Waals surface area (Å²) in [6.45, 7) is 0. The zero-order valence-electron chi connectivity index (χ0n) is 25.6. The molecule has 226 valence electrons. The van der Waals surface area contributed by atoms with Gasteiger partial charge in [0, 0.05) is 59.6 Å². The SMILES string of the molecule is c1ccc(-c2nc3cc4c(cc3o2)sc2c(-c3ccc(N(c5ccccc5)c5ccc6oc7ccccc7c6c5)cc3)cccc24)cc1. The van der Waals surface area contributed by atoms with Crippen molar-refractivity contribution in [1.82, 2.24) is 4.98 Å². The smallest absolute Gasteiger partial charge is 0.227 e. The number of fused-ring (bicyclic) bond motifs is 7. The van der Waals surface area contributed by atoms with E-state index in [4.69, 9.17) is 13.8 Å². The second kappa shape index (κ2) is 10.7. The summed E-state index contributed by atoms with van der Waals surface area (Å²) in [5, 5.41) is 4.66. The molecule has 0 aliphatic rings. The van der Waals surface area contributed by atoms with Gasteiger partial charge in [-0.2, -0.15) is 0 Å². The normalized spacial score (nSPS) is 11.8. The van der Waals surface area contributed by atoms with Crippen molar-refractivity contribution in [2.75, 3.05) is 4.90 Å². The summed E-state index contributed by atoms with van der Waals surface area (Å²) in [5.41, 5.74) is 10.1. The fourth-order valence-electron chi connectivity index (χ4n) is 6.82. The van der Waals surface area contributed by atoms with Crippen LogP contribution in [0.5, 0.6) is 0 Å². The topological polar surface area (TPSA) is 42.4 Å². The van der Waals surface area contributed by atoms with Crippen molar-refractivity contribution in [1.29, 1.82) is 0 Å². The van der Waals surface area contributed by atoms with Gasteiger partial charge in [0.05, 0.1) is 0 Å². The Hall–Kier alpha value is -6.17. The lowest BCUT2D eigenvalue weighted by Crippen LogP contribution is -2.09. The van der Waals surface area contributed by atoms with E-state index in [9.17, 15) is 0 Å². The first-order valence-electron chi connectivity index (χ1n) is 15.9. The zero-order valence-corrected chi connectivity index (χ0v) is 26.4. The summed E-state index contributed by atoms with van der Waals surface area (Å²) in [6, 6.07) is 55.0. The predicted molar refractivity (Wildman–Crippen MR) is 200 cm³/mol. The van der Waals surface area contributed by atoms with E-state index in [1.807, 2.05) is 42.5 Å². The number of anilines is 3. The maximum Gasteiger partial charge on any atom is 0.227 e. The highest BCUT2D eigenvalue weighted by Gasteiger charge is 2.18. The Labute approximate surface area is 279 Å². The average Bonchev–Trinajstić information content (AvgIpc) is 3.84. The van der Waals surface area contributed by atoms with Gasteiger partial charge in [0.15, 0.2) is 5.58 Å². The van der Waals surface area contributed by atoms with Crippen LogP contribution in [0.15, 0.2) is 167 Å². The molecule has 0 saturated carbocycles. The van der Waals surface area contributed by atoms with Crippen LogP contribution in [0.2, 0.25) is 0 Å². The maximum atomic E-state index is 6.21. The number of furan rings is 1. The molecule has 5 heteroatoms. The number of hydrogen-bond donors (Lipinski definition) is 0. The second-order valence-electron chi connectivity index (χ2n) is 12.0. The molecule has 7 aromatic carbocycles. The van der Waals surface area contributed by atoms with Gasteiger partial charge in [-0.1, -0.05) is 84.9 Å². The fraction of sp³-hybridized carbons (Fsp3) is 0. The number of hydrogen-bond acceptors (Lipinski definition) is 5. The third kappa shape index (κ3) is 4.33. The molecule has 3 aromatic heterocycles. The summed E-state index contributed by atoms with van der Waals surface area (Å²) in [6.07, 6.45) is 0. The van der Waals surface area contributed by atoms with Gasteiger partial charge in [-0.15, -0.1) is 11.3 Å². The van der Waals surface area contributed by atoms with Crippen molar-refractivity contribution in [2.24, 2.45) is 0 Å². The van der Waals surface area contributed by atoms with Gasteiger partial charge in [0.1, 0.15) is 16.7 Å². The summed E-state index contributed by atoms with van der Waals surface area (Å²) >= 11 is 1.80. The molecule has 0 spiro atoms. The number of aromatic nitrogens is 1. The van der Waals surface area contributed by atoms with Crippen molar-refractivity contribution >= 4 is 81.6 Å². The van der Waals surface area contributed by atoms with Crippen LogP contribution in [-0.2, 0) is 0 Å². The first-order valence-corrected chi connectivity index (χ1v) is 16.8. The Bertz CT molecular complexity index is 2780. The minimum atomic E-state index is 0.649. The molecule has 0 amide bonds. The van der Waals surface area contributed by atoms with Gasteiger partial charge >= 0.3 is 0 Å². The third-order valence-electron chi connectivity index (χ3n) is 9.10. The highest BCUT2D eigenvalue weighted by molar-refractivity contribution is 7.26. The van der Waals surface area contributed by atoms with Gasteiger partial charge in [-0.05, 0) is 77.9 Å². The molecule has 0 atom stereocenters. The van der Waals surface area contributed by atoms with E-state index in [0.717, 1.165) is 55.7 Å². The lowest BCUT2D eigenvalue weighted by Gasteiger charge is -2.25. The average molecular weight is 635 g/mol. The predicted octanol–water partition coefficient (Wildman–Crippen LogP) is 12.9. The Kier molecular flexibility index (Phi) is 6.01. The molecule has 0 radical (unpaired) electrons. The molecular weight excluding hydrogens is 609 g/mol. The lowest BCUT2D eigenvalue weighted by molar-refractivity contribution is 0.620. The molecule has 0 aliphatic heterocycles. The molecule has 0 aliphatic carbocycles. The van der Waals surface area contributed by atoms with E-state index in [1.54, 1.807) is 11.3 Å². The quantitative estimate of drug-likeness (QED) is 0.189. The van der Waals surface area contributed by atoms with Gasteiger partial charge in [-0.3, -0.25) is 0 Å². The second-order valence-corrected chi connectivity index (χ2v) is 13.0. The first-order chi connectivity index (χ1) is 23.8. The summed E-state index contributed by atoms with van der Waals surface area (Å²) < 4.78 is 14.8. The van der Waals surface area contributed by atoms with E-state index in [2.05, 4.69) is 120 Å². The molecular formula is C43H26N2O2S. The number of nitrogens with zero attached hydrogens (tertiary/aromatic N) is 2. The molecule has 0 fully saturated rings. The van der Waals surface area contributed by atoms with Gasteiger partial charge in [-0.25, -0.2) is 4.98 Å². The van der Waals surface area contributed by atoms with E-state index >= 15 is 0 Å². The molecule has 0 bridgehead atoms. The van der Waals surface area contributed by atoms with E-state index in [0.29, 0.717) is 5.89 Å². The van der Waals surface area contributed by atoms with Crippen LogP contribution in [0.25, 0.3) is 75.8 Å². The van der Waals surface area contributed by atoms with Crippen molar-refractivity contribution in [3.8, 4) is 22.6 Å². The minimum absolute atomic E-state index is 0.649. The van der Waals surface area contributed by atoms with Crippen molar-refractivity contribution < 1.29 is 8.83 Å². The standard InChI is InChI=1S/C43H26N2O2S/c1-3-10-28(11-4-1)43-44-37-25-36-34-16-9-15-32(42(34)48-41(36)26-40(37)47-43)27-18-20-30(21-19-27)45(29-12-5-2-6-13-29)31-22-23-39-35(24-31)33-14-7-8-17-38(33)46-39/h1-26H. The Morgan fingerprint density at radius 1 is 0.458 bits per heavy atom. The number of para-hydroxylation sites is 2. The van der Waals surface area contributed by atoms with Crippen molar-refractivity contribution in [3.05, 3.63) is 158 Å². The molecule has 0 unspecified atom stereocenters. The van der Waals surface area contributed by atoms with E-state index in [-0.39, 0.29) is 0 Å². The van der Waals surface area contributed by atoms with E-state index < -0.39 is 0 Å². The maximum absolute atomic E-state index is 6.21. The Morgan fingerprint density at radius 3 is 2.02 bits per heavy atom. The van der Waals surface area contributed by atoms with Crippen LogP contribution < -0.4 is 4.90 Å². The minimum Gasteiger partial charge on any atom is -0.456 e. The molecule has 4 nitrogen and oxygen atoms in total. The third-order valence-corrected chi connectivity index (χ3v) is 10.3. The zero-order chi connectivity index (χ0) is 31.6. The molecule has 0 N–H and O–H groups in total. The van der Waals surface area contributed by atoms with Crippen LogP contribution in [0.1, 0.15) is 0 Å². The highest BCUT2D eigenvalue weighted by Crippen LogP contribution is 2.43. The summed E-state index contributed by atoms with van der Waals surface area (Å²) in [7, 11) is 0. The fourth-order valence-corrected chi connectivity index (χ4v) is 8.07. The first kappa shape index (κ1) is 27.0. The molecule has 48 heavy (non-hydrogen) atoms. The Morgan fingerprint density at radius 2 is 1.17 bits per heavy atom. The monoisotopic (exact) mass is 634 g/mol. The highest BCUT2D eigenvalue weighted by atomic mass is 32.1. The molecule has 10 rings (SSSR count). The Balaban J connectivity index is 1.06. The summed E-state index contributed by atoms with van der Waals surface area (Å²) in [4.78, 5) is 7.14. The lowest BCUT2D eigenvalue weighted by atomic mass is 10.0. The van der Waals surface area contributed by atoms with Crippen LogP contribution in [-0.4, -0.2) is 4.98 Å². The number of benzene rings is 7. The van der Waals surface area contributed by atoms with Gasteiger partial charge < -0.3 is 13.7 Å². The van der Waals surface area contributed by atoms with E-state index in [1.165, 1.54) is 31.3 Å². The van der Waals surface area contributed by atoms with Crippen molar-refractivity contribution in [3.63, 3.8) is 0 Å². The number of oxazole rings is 1. The summed E-state index contributed by atoms with van der Waals surface area (Å²) in [5.74, 6) is 0.649. The largest absolute Gasteiger partial charge is 0.456 e. The van der Waals surface area contributed by atoms with Gasteiger partial charge in [0.25, 0.3) is 0 Å². The number of thiophene rings is 1. The van der Waals surface area contributed by atoms with Crippen LogP contribution >= 0.6 is 11.3 Å².